The van der Waals surface area contributed by atoms with Crippen molar-refractivity contribution in [3.8, 4) is 0 Å². The van der Waals surface area contributed by atoms with Crippen LogP contribution in [-0.4, -0.2) is 79.8 Å². The van der Waals surface area contributed by atoms with E-state index in [1.807, 2.05) is 97.1 Å². The highest BCUT2D eigenvalue weighted by Gasteiger charge is 2.24. The molecular formula is C92H132N8O8S4. The fraction of sp³-hybridized carbons (Fsp3) is 0.522. The van der Waals surface area contributed by atoms with Crippen LogP contribution in [0.3, 0.4) is 0 Å². The summed E-state index contributed by atoms with van der Waals surface area (Å²) in [5.74, 6) is 0. The van der Waals surface area contributed by atoms with Crippen molar-refractivity contribution in [1.82, 2.24) is 38.8 Å². The molecule has 0 radical (unpaired) electrons. The van der Waals surface area contributed by atoms with Crippen molar-refractivity contribution in [3.05, 3.63) is 212 Å². The summed E-state index contributed by atoms with van der Waals surface area (Å²) in [4.78, 5) is 15.7. The summed E-state index contributed by atoms with van der Waals surface area (Å²) in [5, 5.41) is 2.75. The fourth-order valence-electron chi connectivity index (χ4n) is 15.4. The Kier molecular flexibility index (Phi) is 37.6. The second-order valence-corrected chi connectivity index (χ2v) is 38.1. The standard InChI is InChI=1S/C92H132N8O8S4/c1-5-9-13-17-21-25-29-33-37-41-69-93-109(101,102)77-53-45-73(46-54-77)89-81-61-63-83(97-81)90(74-47-55-78(56-48-74)110(103,104)94-70-42-38-34-30-26-22-18-14-10-6-2)85-65-67-87(99-85)92(76-51-59-80(60-52-76)112(107,108)96-72-44-40-36-32-28-24-20-16-12-8-4)88-68-66-86(100-88)91(84-64-62-82(89)98-84)75-49-57-79(58-50-75)111(105,106)95-71-43-39-35-31-27-23-19-15-11-7-3/h45-68,93-100H,5-44,69-72H2,1-4H3. The van der Waals surface area contributed by atoms with Crippen LogP contribution in [0.2, 0.25) is 0 Å². The van der Waals surface area contributed by atoms with Gasteiger partial charge in [-0.3, -0.25) is 0 Å². The first-order valence-electron chi connectivity index (χ1n) is 43.1. The predicted octanol–water partition coefficient (Wildman–Crippen LogP) is 19.1. The van der Waals surface area contributed by atoms with E-state index in [4.69, 9.17) is 0 Å². The number of rotatable bonds is 56. The molecule has 0 saturated carbocycles. The Morgan fingerprint density at radius 1 is 0.196 bits per heavy atom. The molecule has 0 amide bonds. The Morgan fingerprint density at radius 2 is 0.357 bits per heavy atom. The van der Waals surface area contributed by atoms with Gasteiger partial charge in [0.2, 0.25) is 40.1 Å². The summed E-state index contributed by atoms with van der Waals surface area (Å²) in [6, 6.07) is 43.7. The lowest BCUT2D eigenvalue weighted by Crippen LogP contribution is -2.25. The van der Waals surface area contributed by atoms with E-state index in [0.29, 0.717) is 92.6 Å². The van der Waals surface area contributed by atoms with Crippen LogP contribution in [0.4, 0.5) is 0 Å². The summed E-state index contributed by atoms with van der Waals surface area (Å²) < 4.78 is 123. The van der Waals surface area contributed by atoms with Gasteiger partial charge in [0.25, 0.3) is 0 Å². The van der Waals surface area contributed by atoms with E-state index < -0.39 is 40.1 Å². The van der Waals surface area contributed by atoms with Crippen molar-refractivity contribution in [2.24, 2.45) is 0 Å². The summed E-state index contributed by atoms with van der Waals surface area (Å²) >= 11 is 0. The molecule has 8 aromatic rings. The molecule has 1 aliphatic rings. The topological polar surface area (TPSA) is 248 Å². The first kappa shape index (κ1) is 89.1. The minimum atomic E-state index is -3.86. The van der Waals surface area contributed by atoms with Crippen LogP contribution in [0.5, 0.6) is 0 Å². The number of fused-ring (bicyclic) bond motifs is 8. The molecule has 0 unspecified atom stereocenters. The molecule has 4 aromatic heterocycles. The first-order chi connectivity index (χ1) is 54.5. The van der Waals surface area contributed by atoms with E-state index in [2.05, 4.69) is 66.5 Å². The first-order valence-corrected chi connectivity index (χ1v) is 49.1. The number of hydrogen-bond acceptors (Lipinski definition) is 8. The van der Waals surface area contributed by atoms with E-state index in [1.54, 1.807) is 48.5 Å². The number of aromatic amines is 4. The predicted molar refractivity (Wildman–Crippen MR) is 462 cm³/mol. The maximum Gasteiger partial charge on any atom is 0.240 e. The zero-order valence-electron chi connectivity index (χ0n) is 67.9. The number of hydrogen-bond donors (Lipinski definition) is 8. The summed E-state index contributed by atoms with van der Waals surface area (Å²) in [6.07, 6.45) is 45.9. The zero-order valence-corrected chi connectivity index (χ0v) is 71.1. The molecule has 9 rings (SSSR count). The van der Waals surface area contributed by atoms with Gasteiger partial charge in [-0.15, -0.1) is 0 Å². The molecule has 0 atom stereocenters. The third kappa shape index (κ3) is 27.7. The van der Waals surface area contributed by atoms with Gasteiger partial charge in [-0.05, 0) is 145 Å². The van der Waals surface area contributed by atoms with Crippen LogP contribution in [0, 0.1) is 0 Å². The van der Waals surface area contributed by atoms with Gasteiger partial charge in [0.05, 0.1) is 19.6 Å². The lowest BCUT2D eigenvalue weighted by molar-refractivity contribution is 0.548. The quantitative estimate of drug-likeness (QED) is 0.0170. The number of sulfonamides is 4. The summed E-state index contributed by atoms with van der Waals surface area (Å²) in [6.45, 7) is 10.3. The highest BCUT2D eigenvalue weighted by molar-refractivity contribution is 7.90. The molecular weight excluding hydrogens is 1470 g/mol. The van der Waals surface area contributed by atoms with Crippen molar-refractivity contribution in [2.45, 2.75) is 304 Å². The number of benzene rings is 4. The molecule has 1 aliphatic heterocycles. The van der Waals surface area contributed by atoms with Crippen LogP contribution in [0.25, 0.3) is 22.3 Å². The Bertz CT molecular complexity index is 4240. The third-order valence-corrected chi connectivity index (χ3v) is 27.9. The molecule has 8 N–H and O–H groups in total. The van der Waals surface area contributed by atoms with Crippen LogP contribution < -0.4 is 40.3 Å². The van der Waals surface area contributed by atoms with Gasteiger partial charge >= 0.3 is 0 Å². The maximum absolute atomic E-state index is 14.0. The smallest absolute Gasteiger partial charge is 0.240 e. The highest BCUT2D eigenvalue weighted by Crippen LogP contribution is 2.31. The van der Waals surface area contributed by atoms with Crippen LogP contribution in [-0.2, 0) is 40.1 Å². The van der Waals surface area contributed by atoms with E-state index >= 15 is 0 Å². The molecule has 612 valence electrons. The van der Waals surface area contributed by atoms with Crippen molar-refractivity contribution in [3.63, 3.8) is 0 Å². The van der Waals surface area contributed by atoms with E-state index in [0.717, 1.165) is 125 Å². The summed E-state index contributed by atoms with van der Waals surface area (Å²) in [5.41, 5.74) is 8.52. The van der Waals surface area contributed by atoms with Gasteiger partial charge in [-0.25, -0.2) is 52.6 Å². The van der Waals surface area contributed by atoms with Crippen molar-refractivity contribution < 1.29 is 33.7 Å². The van der Waals surface area contributed by atoms with Gasteiger partial charge < -0.3 is 19.9 Å². The second-order valence-electron chi connectivity index (χ2n) is 31.1. The monoisotopic (exact) mass is 1600 g/mol. The Labute approximate surface area is 672 Å². The Balaban J connectivity index is 1.09. The molecule has 0 spiro atoms. The summed E-state index contributed by atoms with van der Waals surface area (Å²) in [7, 11) is -15.4. The number of aromatic nitrogens is 4. The minimum Gasteiger partial charge on any atom is -0.354 e. The van der Waals surface area contributed by atoms with Gasteiger partial charge in [-0.2, -0.15) is 0 Å². The lowest BCUT2D eigenvalue weighted by atomic mass is 10.0. The molecule has 20 heteroatoms. The van der Waals surface area contributed by atoms with Crippen molar-refractivity contribution >= 4 is 62.4 Å². The average Bonchev–Trinajstić information content (AvgIpc) is 1.61. The number of nitrogens with one attached hydrogen (secondary N) is 8. The largest absolute Gasteiger partial charge is 0.354 e. The van der Waals surface area contributed by atoms with Gasteiger partial charge in [0.15, 0.2) is 0 Å². The van der Waals surface area contributed by atoms with E-state index in [-0.39, 0.29) is 19.6 Å². The van der Waals surface area contributed by atoms with Crippen LogP contribution in [0.15, 0.2) is 165 Å². The highest BCUT2D eigenvalue weighted by atomic mass is 32.2. The second kappa shape index (κ2) is 47.2. The SMILES string of the molecule is CCCCCCCCCCCCNS(=O)(=O)c1ccc(C2=c3ccc([nH]3)=C(c3ccc(S(=O)(=O)NCCCCCCCCCCCC)cc3)c3ccc([nH]3)C(c3ccc(S(=O)(=O)NCCCCCCCCCCCC)cc3)=c3ccc([nH]3)=C(c3ccc(S(=O)(=O)NCCCCCCCCCCCC)cc3)c3ccc2[nH]3)cc1. The minimum absolute atomic E-state index is 0.149. The molecule has 0 fully saturated rings. The Hall–Kier alpha value is -6.88. The van der Waals surface area contributed by atoms with Gasteiger partial charge in [0, 0.05) is 92.6 Å². The number of H-pyrrole nitrogens is 4. The van der Waals surface area contributed by atoms with Crippen molar-refractivity contribution in [2.75, 3.05) is 26.2 Å². The molecule has 16 nitrogen and oxygen atoms in total. The van der Waals surface area contributed by atoms with E-state index in [1.165, 1.54) is 154 Å². The third-order valence-electron chi connectivity index (χ3n) is 22.0. The van der Waals surface area contributed by atoms with E-state index in [9.17, 15) is 33.7 Å². The molecule has 8 bridgehead atoms. The lowest BCUT2D eigenvalue weighted by Gasteiger charge is -2.12. The average molecular weight is 1610 g/mol. The Morgan fingerprint density at radius 3 is 0.527 bits per heavy atom. The van der Waals surface area contributed by atoms with Crippen molar-refractivity contribution in [1.29, 1.82) is 0 Å². The normalized spacial score (nSPS) is 13.0. The van der Waals surface area contributed by atoms with Gasteiger partial charge in [0.1, 0.15) is 0 Å². The maximum atomic E-state index is 14.0. The molecule has 112 heavy (non-hydrogen) atoms. The zero-order chi connectivity index (χ0) is 79.3. The molecule has 5 heterocycles. The molecule has 0 saturated heterocycles. The number of unbranched alkanes of at least 4 members (excludes halogenated alkanes) is 36. The molecule has 0 aliphatic carbocycles. The van der Waals surface area contributed by atoms with Crippen LogP contribution >= 0.6 is 0 Å². The molecule has 4 aromatic carbocycles. The fourth-order valence-corrected chi connectivity index (χ4v) is 19.7. The van der Waals surface area contributed by atoms with Gasteiger partial charge in [-0.1, -0.05) is 307 Å². The van der Waals surface area contributed by atoms with Crippen LogP contribution in [0.1, 0.15) is 330 Å².